The number of hydrogen-bond acceptors (Lipinski definition) is 5. The summed E-state index contributed by atoms with van der Waals surface area (Å²) >= 11 is 0. The number of ether oxygens (including phenoxy) is 2. The van der Waals surface area contributed by atoms with Crippen LogP contribution in [0.3, 0.4) is 0 Å². The van der Waals surface area contributed by atoms with Crippen LogP contribution < -0.4 is 5.32 Å². The number of esters is 1. The summed E-state index contributed by atoms with van der Waals surface area (Å²) < 4.78 is 11.3. The van der Waals surface area contributed by atoms with E-state index in [1.54, 1.807) is 0 Å². The van der Waals surface area contributed by atoms with Crippen LogP contribution in [0.25, 0.3) is 0 Å². The van der Waals surface area contributed by atoms with Gasteiger partial charge in [-0.05, 0) is 26.0 Å². The molecule has 0 aliphatic carbocycles. The molecule has 2 N–H and O–H groups in total. The molecule has 1 amide bonds. The van der Waals surface area contributed by atoms with Gasteiger partial charge in [0.25, 0.3) is 4.92 Å². The van der Waals surface area contributed by atoms with E-state index in [-0.39, 0.29) is 28.9 Å². The zero-order chi connectivity index (χ0) is 18.2. The minimum absolute atomic E-state index is 0.0327. The van der Waals surface area contributed by atoms with Crippen LogP contribution in [-0.4, -0.2) is 39.8 Å². The lowest BCUT2D eigenvalue weighted by atomic mass is 9.75. The van der Waals surface area contributed by atoms with Gasteiger partial charge < -0.3 is 14.8 Å². The highest BCUT2D eigenvalue weighted by molar-refractivity contribution is 5.97. The summed E-state index contributed by atoms with van der Waals surface area (Å²) in [4.78, 5) is 35.2. The van der Waals surface area contributed by atoms with Crippen LogP contribution in [0.15, 0.2) is 24.3 Å². The van der Waals surface area contributed by atoms with Crippen LogP contribution in [0.4, 0.5) is 11.4 Å². The topological polar surface area (TPSA) is 105 Å². The Kier molecular flexibility index (Phi) is 4.24. The molecule has 134 valence electrons. The number of nitrogens with one attached hydrogen (secondary N) is 1. The van der Waals surface area contributed by atoms with Gasteiger partial charge in [0.2, 0.25) is 5.91 Å². The summed E-state index contributed by atoms with van der Waals surface area (Å²) in [6.07, 6.45) is 0.970. The van der Waals surface area contributed by atoms with E-state index >= 15 is 0 Å². The molecular formula is C17H21N2O6+. The molecule has 2 fully saturated rings. The number of carbonyl (C=O) groups excluding carboxylic acids is 2. The van der Waals surface area contributed by atoms with Crippen LogP contribution >= 0.6 is 0 Å². The third-order valence-electron chi connectivity index (χ3n) is 4.74. The number of amides is 1. The van der Waals surface area contributed by atoms with Gasteiger partial charge in [-0.1, -0.05) is 0 Å². The predicted octanol–water partition coefficient (Wildman–Crippen LogP) is 2.32. The summed E-state index contributed by atoms with van der Waals surface area (Å²) in [6.45, 7) is 4.25. The third-order valence-corrected chi connectivity index (χ3v) is 4.74. The quantitative estimate of drug-likeness (QED) is 0.641. The standard InChI is InChI=1S/C17H20N2O6/c1-16(2)10-17(7-8-24-16)13(9-14(20)25-17)15(21)18-11-3-5-12(6-4-11)19(22)23/h3-6,13H,7-10H2,1-2H3,(H-,18,21,22,23)/p+1. The predicted molar refractivity (Wildman–Crippen MR) is 86.3 cm³/mol. The van der Waals surface area contributed by atoms with E-state index in [0.29, 0.717) is 25.1 Å². The summed E-state index contributed by atoms with van der Waals surface area (Å²) in [5.41, 5.74) is -0.793. The van der Waals surface area contributed by atoms with Gasteiger partial charge in [-0.3, -0.25) is 9.59 Å². The zero-order valence-electron chi connectivity index (χ0n) is 14.2. The number of rotatable bonds is 3. The highest BCUT2D eigenvalue weighted by atomic mass is 16.6. The number of carbonyl (C=O) groups is 2. The molecule has 3 rings (SSSR count). The molecule has 2 saturated heterocycles. The lowest BCUT2D eigenvalue weighted by Gasteiger charge is -2.43. The highest BCUT2D eigenvalue weighted by Gasteiger charge is 2.56. The average Bonchev–Trinajstić information content (AvgIpc) is 2.82. The van der Waals surface area contributed by atoms with Gasteiger partial charge in [-0.15, -0.1) is 0 Å². The monoisotopic (exact) mass is 349 g/mol. The molecule has 2 unspecified atom stereocenters. The molecule has 8 heteroatoms. The van der Waals surface area contributed by atoms with Crippen LogP contribution in [0, 0.1) is 10.8 Å². The Balaban J connectivity index is 1.78. The second kappa shape index (κ2) is 6.11. The fraction of sp³-hybridized carbons (Fsp3) is 0.529. The van der Waals surface area contributed by atoms with Crippen molar-refractivity contribution in [3.63, 3.8) is 0 Å². The molecule has 0 saturated carbocycles. The van der Waals surface area contributed by atoms with Crippen molar-refractivity contribution in [1.82, 2.24) is 0 Å². The van der Waals surface area contributed by atoms with E-state index in [1.165, 1.54) is 24.3 Å². The van der Waals surface area contributed by atoms with Crippen molar-refractivity contribution in [1.29, 1.82) is 0 Å². The molecule has 1 spiro atoms. The molecule has 0 aromatic heterocycles. The summed E-state index contributed by atoms with van der Waals surface area (Å²) in [6, 6.07) is 5.78. The molecule has 25 heavy (non-hydrogen) atoms. The van der Waals surface area contributed by atoms with Gasteiger partial charge >= 0.3 is 11.7 Å². The third kappa shape index (κ3) is 3.48. The molecule has 8 nitrogen and oxygen atoms in total. The molecule has 2 heterocycles. The van der Waals surface area contributed by atoms with Crippen LogP contribution in [0.1, 0.15) is 33.1 Å². The second-order valence-electron chi connectivity index (χ2n) is 7.14. The van der Waals surface area contributed by atoms with Crippen molar-refractivity contribution in [2.24, 2.45) is 5.92 Å². The molecule has 0 bridgehead atoms. The van der Waals surface area contributed by atoms with Crippen molar-refractivity contribution in [2.75, 3.05) is 11.9 Å². The van der Waals surface area contributed by atoms with E-state index in [1.807, 2.05) is 13.8 Å². The first kappa shape index (κ1) is 17.3. The molecule has 2 atom stereocenters. The first-order valence-electron chi connectivity index (χ1n) is 8.14. The second-order valence-corrected chi connectivity index (χ2v) is 7.14. The maximum Gasteiger partial charge on any atom is 0.316 e. The molecular weight excluding hydrogens is 328 g/mol. The lowest BCUT2D eigenvalue weighted by Crippen LogP contribution is -2.52. The van der Waals surface area contributed by atoms with Crippen LogP contribution in [-0.2, 0) is 19.1 Å². The lowest BCUT2D eigenvalue weighted by molar-refractivity contribution is -0.729. The van der Waals surface area contributed by atoms with Crippen molar-refractivity contribution in [3.8, 4) is 0 Å². The highest BCUT2D eigenvalue weighted by Crippen LogP contribution is 2.46. The normalized spacial score (nSPS) is 27.8. The minimum atomic E-state index is -0.847. The Bertz CT molecular complexity index is 714. The maximum atomic E-state index is 12.8. The Morgan fingerprint density at radius 1 is 1.32 bits per heavy atom. The first-order chi connectivity index (χ1) is 11.7. The molecule has 1 aromatic rings. The molecule has 1 aromatic carbocycles. The fourth-order valence-electron chi connectivity index (χ4n) is 3.67. The molecule has 2 aliphatic rings. The number of benzene rings is 1. The van der Waals surface area contributed by atoms with E-state index in [0.717, 1.165) is 0 Å². The number of nitrogens with zero attached hydrogens (tertiary/aromatic N) is 1. The van der Waals surface area contributed by atoms with E-state index in [9.17, 15) is 14.5 Å². The number of hydrogen-bond donors (Lipinski definition) is 2. The van der Waals surface area contributed by atoms with Gasteiger partial charge in [-0.25, -0.2) is 5.21 Å². The minimum Gasteiger partial charge on any atom is -0.458 e. The average molecular weight is 349 g/mol. The zero-order valence-corrected chi connectivity index (χ0v) is 14.2. The largest absolute Gasteiger partial charge is 0.458 e. The van der Waals surface area contributed by atoms with Crippen molar-refractivity contribution >= 4 is 23.3 Å². The Morgan fingerprint density at radius 2 is 2.00 bits per heavy atom. The van der Waals surface area contributed by atoms with E-state index < -0.39 is 17.1 Å². The molecule has 2 aliphatic heterocycles. The van der Waals surface area contributed by atoms with Crippen LogP contribution in [0.2, 0.25) is 0 Å². The SMILES string of the molecule is CC1(C)CC2(CCO1)OC(=O)CC2C(=O)Nc1ccc([N+](=O)O)cc1. The number of anilines is 1. The van der Waals surface area contributed by atoms with E-state index in [2.05, 4.69) is 5.32 Å². The van der Waals surface area contributed by atoms with Gasteiger partial charge in [0, 0.05) is 30.7 Å². The Morgan fingerprint density at radius 3 is 2.60 bits per heavy atom. The summed E-state index contributed by atoms with van der Waals surface area (Å²) in [7, 11) is 0. The van der Waals surface area contributed by atoms with Gasteiger partial charge in [0.05, 0.1) is 29.5 Å². The van der Waals surface area contributed by atoms with Crippen molar-refractivity contribution in [3.05, 3.63) is 29.2 Å². The fourth-order valence-corrected chi connectivity index (χ4v) is 3.67. The summed E-state index contributed by atoms with van der Waals surface area (Å²) in [5.74, 6) is -1.29. The first-order valence-corrected chi connectivity index (χ1v) is 8.14. The van der Waals surface area contributed by atoms with Crippen LogP contribution in [0.5, 0.6) is 0 Å². The Hall–Kier alpha value is -2.48. The molecule has 0 radical (unpaired) electrons. The summed E-state index contributed by atoms with van der Waals surface area (Å²) in [5, 5.41) is 11.6. The van der Waals surface area contributed by atoms with Gasteiger partial charge in [0.1, 0.15) is 5.60 Å². The smallest absolute Gasteiger partial charge is 0.316 e. The maximum absolute atomic E-state index is 12.8. The van der Waals surface area contributed by atoms with Gasteiger partial charge in [-0.2, -0.15) is 0 Å². The van der Waals surface area contributed by atoms with Gasteiger partial charge in [0.15, 0.2) is 0 Å². The Labute approximate surface area is 144 Å². The van der Waals surface area contributed by atoms with Crippen molar-refractivity contribution in [2.45, 2.75) is 44.3 Å². The van der Waals surface area contributed by atoms with Crippen molar-refractivity contribution < 1.29 is 29.2 Å². The van der Waals surface area contributed by atoms with E-state index in [4.69, 9.17) is 14.7 Å².